The number of aryl methyl sites for hydroxylation is 1. The molecule has 1 aliphatic heterocycles. The van der Waals surface area contributed by atoms with Gasteiger partial charge < -0.3 is 9.47 Å². The van der Waals surface area contributed by atoms with E-state index in [4.69, 9.17) is 32.7 Å². The largest absolute Gasteiger partial charge is 0.487 e. The Balaban J connectivity index is 1.65. The number of esters is 1. The number of halogens is 2. The molecule has 42 heavy (non-hydrogen) atoms. The summed E-state index contributed by atoms with van der Waals surface area (Å²) in [7, 11) is 0. The van der Waals surface area contributed by atoms with Crippen LogP contribution in [0.2, 0.25) is 10.0 Å². The third-order valence-corrected chi connectivity index (χ3v) is 8.23. The molecule has 0 aliphatic carbocycles. The van der Waals surface area contributed by atoms with Crippen molar-refractivity contribution in [3.8, 4) is 11.8 Å². The Kier molecular flexibility index (Phi) is 8.64. The quantitative estimate of drug-likeness (QED) is 0.242. The summed E-state index contributed by atoms with van der Waals surface area (Å²) in [4.78, 5) is 32.2. The van der Waals surface area contributed by atoms with Gasteiger partial charge in [0.05, 0.1) is 45.1 Å². The fourth-order valence-electron chi connectivity index (χ4n) is 4.74. The SMILES string of the molecule is CCOC(=O)C1=C(C)N=c2s/c(=C\c3cc(Cl)cc(Cl)c3OCc3ccccc3C#N)c(=O)n2[C@@H]1c1ccc(C)cc1. The highest BCUT2D eigenvalue weighted by Crippen LogP contribution is 2.34. The van der Waals surface area contributed by atoms with Gasteiger partial charge in [0.25, 0.3) is 5.56 Å². The molecule has 0 N–H and O–H groups in total. The molecular weight excluding hydrogens is 593 g/mol. The number of nitriles is 1. The Morgan fingerprint density at radius 3 is 2.60 bits per heavy atom. The van der Waals surface area contributed by atoms with Gasteiger partial charge in [0.1, 0.15) is 12.4 Å². The molecule has 7 nitrogen and oxygen atoms in total. The number of fused-ring (bicyclic) bond motifs is 1. The fourth-order valence-corrected chi connectivity index (χ4v) is 6.34. The minimum absolute atomic E-state index is 0.0860. The Bertz CT molecular complexity index is 1950. The molecule has 0 radical (unpaired) electrons. The summed E-state index contributed by atoms with van der Waals surface area (Å²) < 4.78 is 13.3. The highest BCUT2D eigenvalue weighted by atomic mass is 35.5. The van der Waals surface area contributed by atoms with Crippen molar-refractivity contribution in [1.82, 2.24) is 4.57 Å². The molecule has 0 unspecified atom stereocenters. The summed E-state index contributed by atoms with van der Waals surface area (Å²) in [6.07, 6.45) is 1.66. The fraction of sp³-hybridized carbons (Fsp3) is 0.188. The van der Waals surface area contributed by atoms with Gasteiger partial charge in [-0.15, -0.1) is 0 Å². The van der Waals surface area contributed by atoms with Crippen molar-refractivity contribution < 1.29 is 14.3 Å². The molecule has 212 valence electrons. The van der Waals surface area contributed by atoms with Gasteiger partial charge in [-0.05, 0) is 50.6 Å². The van der Waals surface area contributed by atoms with Crippen molar-refractivity contribution in [1.29, 1.82) is 5.26 Å². The molecule has 3 aromatic carbocycles. The molecule has 2 heterocycles. The van der Waals surface area contributed by atoms with Crippen LogP contribution >= 0.6 is 34.5 Å². The third kappa shape index (κ3) is 5.77. The smallest absolute Gasteiger partial charge is 0.338 e. The van der Waals surface area contributed by atoms with Crippen LogP contribution in [0.1, 0.15) is 47.7 Å². The summed E-state index contributed by atoms with van der Waals surface area (Å²) in [6.45, 7) is 5.72. The van der Waals surface area contributed by atoms with Crippen LogP contribution in [0, 0.1) is 18.3 Å². The maximum Gasteiger partial charge on any atom is 0.338 e. The van der Waals surface area contributed by atoms with E-state index in [0.717, 1.165) is 11.1 Å². The van der Waals surface area contributed by atoms with Crippen LogP contribution in [0.3, 0.4) is 0 Å². The summed E-state index contributed by atoms with van der Waals surface area (Å²) in [6, 6.07) is 19.4. The zero-order valence-corrected chi connectivity index (χ0v) is 25.3. The van der Waals surface area contributed by atoms with E-state index in [1.54, 1.807) is 50.3 Å². The topological polar surface area (TPSA) is 93.7 Å². The van der Waals surface area contributed by atoms with Crippen LogP contribution in [0.25, 0.3) is 6.08 Å². The lowest BCUT2D eigenvalue weighted by Gasteiger charge is -2.24. The highest BCUT2D eigenvalue weighted by Gasteiger charge is 2.33. The van der Waals surface area contributed by atoms with E-state index in [1.807, 2.05) is 37.3 Å². The molecule has 0 amide bonds. The molecule has 10 heteroatoms. The maximum absolute atomic E-state index is 14.0. The average Bonchev–Trinajstić information content (AvgIpc) is 3.26. The van der Waals surface area contributed by atoms with Gasteiger partial charge in [-0.25, -0.2) is 9.79 Å². The molecule has 1 atom stereocenters. The molecular formula is C32H25Cl2N3O4S. The second-order valence-electron chi connectivity index (χ2n) is 9.58. The zero-order chi connectivity index (χ0) is 30.0. The number of allylic oxidation sites excluding steroid dienone is 1. The lowest BCUT2D eigenvalue weighted by molar-refractivity contribution is -0.139. The predicted molar refractivity (Wildman–Crippen MR) is 164 cm³/mol. The number of nitrogens with zero attached hydrogens (tertiary/aromatic N) is 3. The summed E-state index contributed by atoms with van der Waals surface area (Å²) in [5.74, 6) is -0.202. The normalized spacial score (nSPS) is 14.7. The number of benzene rings is 3. The van der Waals surface area contributed by atoms with Crippen molar-refractivity contribution in [2.24, 2.45) is 4.99 Å². The van der Waals surface area contributed by atoms with Crippen molar-refractivity contribution in [3.05, 3.63) is 129 Å². The third-order valence-electron chi connectivity index (χ3n) is 6.74. The number of hydrogen-bond donors (Lipinski definition) is 0. The molecule has 0 saturated carbocycles. The van der Waals surface area contributed by atoms with Crippen molar-refractivity contribution in [2.45, 2.75) is 33.4 Å². The van der Waals surface area contributed by atoms with E-state index in [9.17, 15) is 14.9 Å². The summed E-state index contributed by atoms with van der Waals surface area (Å²) in [5.41, 5.74) is 3.93. The minimum Gasteiger partial charge on any atom is -0.487 e. The second kappa shape index (κ2) is 12.4. The van der Waals surface area contributed by atoms with Crippen molar-refractivity contribution in [3.63, 3.8) is 0 Å². The molecule has 1 aliphatic rings. The van der Waals surface area contributed by atoms with Crippen molar-refractivity contribution >= 4 is 46.6 Å². The number of aromatic nitrogens is 1. The lowest BCUT2D eigenvalue weighted by Crippen LogP contribution is -2.39. The van der Waals surface area contributed by atoms with Gasteiger partial charge in [0, 0.05) is 16.1 Å². The number of ether oxygens (including phenoxy) is 2. The first-order valence-electron chi connectivity index (χ1n) is 13.1. The van der Waals surface area contributed by atoms with E-state index in [1.165, 1.54) is 15.9 Å². The predicted octanol–water partition coefficient (Wildman–Crippen LogP) is 5.86. The van der Waals surface area contributed by atoms with Gasteiger partial charge in [0.15, 0.2) is 4.80 Å². The van der Waals surface area contributed by atoms with Gasteiger partial charge in [0.2, 0.25) is 0 Å². The van der Waals surface area contributed by atoms with E-state index in [0.29, 0.717) is 48.1 Å². The zero-order valence-electron chi connectivity index (χ0n) is 23.0. The molecule has 0 saturated heterocycles. The van der Waals surface area contributed by atoms with Gasteiger partial charge in [-0.2, -0.15) is 5.26 Å². The monoisotopic (exact) mass is 617 g/mol. The van der Waals surface area contributed by atoms with E-state index >= 15 is 0 Å². The van der Waals surface area contributed by atoms with E-state index in [2.05, 4.69) is 11.1 Å². The minimum atomic E-state index is -0.718. The molecule has 5 rings (SSSR count). The highest BCUT2D eigenvalue weighted by molar-refractivity contribution is 7.07. The van der Waals surface area contributed by atoms with Crippen LogP contribution in [0.5, 0.6) is 5.75 Å². The first-order valence-corrected chi connectivity index (χ1v) is 14.6. The number of thiazole rings is 1. The van der Waals surface area contributed by atoms with Crippen LogP contribution < -0.4 is 19.6 Å². The average molecular weight is 619 g/mol. The number of carbonyl (C=O) groups is 1. The Morgan fingerprint density at radius 1 is 1.14 bits per heavy atom. The van der Waals surface area contributed by atoms with Crippen LogP contribution in [-0.4, -0.2) is 17.1 Å². The first kappa shape index (κ1) is 29.3. The molecule has 1 aromatic heterocycles. The number of rotatable bonds is 7. The van der Waals surface area contributed by atoms with Crippen LogP contribution in [0.15, 0.2) is 81.7 Å². The van der Waals surface area contributed by atoms with Gasteiger partial charge in [-0.1, -0.05) is 82.6 Å². The van der Waals surface area contributed by atoms with Gasteiger partial charge in [-0.3, -0.25) is 9.36 Å². The summed E-state index contributed by atoms with van der Waals surface area (Å²) >= 11 is 14.1. The molecule has 0 fully saturated rings. The van der Waals surface area contributed by atoms with Crippen LogP contribution in [0.4, 0.5) is 0 Å². The van der Waals surface area contributed by atoms with Gasteiger partial charge >= 0.3 is 5.97 Å². The Morgan fingerprint density at radius 2 is 1.88 bits per heavy atom. The van der Waals surface area contributed by atoms with Crippen molar-refractivity contribution in [2.75, 3.05) is 6.61 Å². The second-order valence-corrected chi connectivity index (χ2v) is 11.4. The molecule has 0 spiro atoms. The lowest BCUT2D eigenvalue weighted by atomic mass is 9.95. The van der Waals surface area contributed by atoms with E-state index in [-0.39, 0.29) is 23.8 Å². The molecule has 4 aromatic rings. The standard InChI is InChI=1S/C32H25Cl2N3O4S/c1-4-40-31(39)27-19(3)36-32-37(28(27)20-11-9-18(2)10-12-20)30(38)26(42-32)14-23-13-24(33)15-25(34)29(23)41-17-22-8-6-5-7-21(22)16-35/h5-15,28H,4,17H2,1-3H3/b26-14-/t28-/m1/s1. The first-order chi connectivity index (χ1) is 20.2. The Hall–Kier alpha value is -4.16. The van der Waals surface area contributed by atoms with Crippen LogP contribution in [-0.2, 0) is 16.1 Å². The molecule has 0 bridgehead atoms. The summed E-state index contributed by atoms with van der Waals surface area (Å²) in [5, 5.41) is 10.1. The van der Waals surface area contributed by atoms with E-state index < -0.39 is 12.0 Å². The maximum atomic E-state index is 14.0. The number of hydrogen-bond acceptors (Lipinski definition) is 7. The Labute approximate surface area is 256 Å². The number of carbonyl (C=O) groups excluding carboxylic acids is 1.